The van der Waals surface area contributed by atoms with Crippen LogP contribution in [0.15, 0.2) is 65.7 Å². The van der Waals surface area contributed by atoms with Gasteiger partial charge in [0.15, 0.2) is 5.82 Å². The van der Waals surface area contributed by atoms with E-state index in [-0.39, 0.29) is 16.9 Å². The summed E-state index contributed by atoms with van der Waals surface area (Å²) in [5.74, 6) is -0.226. The van der Waals surface area contributed by atoms with Crippen LogP contribution in [-0.4, -0.2) is 56.4 Å². The molecule has 176 valence electrons. The molecule has 0 unspecified atom stereocenters. The number of nitriles is 1. The van der Waals surface area contributed by atoms with Crippen LogP contribution in [0.2, 0.25) is 0 Å². The minimum absolute atomic E-state index is 0.0607. The highest BCUT2D eigenvalue weighted by Crippen LogP contribution is 2.20. The lowest BCUT2D eigenvalue weighted by atomic mass is 10.1. The van der Waals surface area contributed by atoms with Crippen LogP contribution >= 0.6 is 0 Å². The predicted octanol–water partition coefficient (Wildman–Crippen LogP) is 1.87. The second-order valence-corrected chi connectivity index (χ2v) is 8.50. The molecule has 1 aliphatic rings. The molecule has 4 heterocycles. The molecule has 10 heteroatoms. The Morgan fingerprint density at radius 3 is 2.57 bits per heavy atom. The Labute approximate surface area is 201 Å². The minimum Gasteiger partial charge on any atom is -0.369 e. The number of fused-ring (bicyclic) bond motifs is 1. The Morgan fingerprint density at radius 2 is 1.89 bits per heavy atom. The number of nitrogens with one attached hydrogen (secondary N) is 1. The van der Waals surface area contributed by atoms with E-state index in [2.05, 4.69) is 31.5 Å². The summed E-state index contributed by atoms with van der Waals surface area (Å²) >= 11 is 0. The third-order valence-electron chi connectivity index (χ3n) is 6.17. The van der Waals surface area contributed by atoms with Crippen molar-refractivity contribution in [2.45, 2.75) is 6.54 Å². The molecule has 1 saturated heterocycles. The molecule has 10 nitrogen and oxygen atoms in total. The van der Waals surface area contributed by atoms with E-state index in [9.17, 15) is 9.59 Å². The second kappa shape index (κ2) is 9.40. The number of piperazine rings is 1. The summed E-state index contributed by atoms with van der Waals surface area (Å²) in [7, 11) is 1.70. The maximum atomic E-state index is 13.1. The average Bonchev–Trinajstić information content (AvgIpc) is 3.30. The lowest BCUT2D eigenvalue weighted by molar-refractivity contribution is 0.102. The SMILES string of the molecule is Cn1cc(NC(=O)c2cc(CN3CCN(c4ccc(C#N)cc4)CC3)c3ccccn3c2=O)nn1. The summed E-state index contributed by atoms with van der Waals surface area (Å²) in [5.41, 5.74) is 3.12. The number of carbonyl (C=O) groups is 1. The van der Waals surface area contributed by atoms with Gasteiger partial charge in [-0.2, -0.15) is 5.26 Å². The van der Waals surface area contributed by atoms with Crippen LogP contribution in [0.4, 0.5) is 11.5 Å². The van der Waals surface area contributed by atoms with Crippen LogP contribution in [0.3, 0.4) is 0 Å². The highest BCUT2D eigenvalue weighted by atomic mass is 16.2. The van der Waals surface area contributed by atoms with Gasteiger partial charge in [0.1, 0.15) is 5.56 Å². The third-order valence-corrected chi connectivity index (χ3v) is 6.17. The first kappa shape index (κ1) is 22.3. The smallest absolute Gasteiger partial charge is 0.267 e. The van der Waals surface area contributed by atoms with E-state index in [1.807, 2.05) is 36.4 Å². The fraction of sp³-hybridized carbons (Fsp3) is 0.240. The average molecular weight is 469 g/mol. The Hall–Kier alpha value is -4.49. The fourth-order valence-corrected chi connectivity index (χ4v) is 4.35. The van der Waals surface area contributed by atoms with Gasteiger partial charge < -0.3 is 10.2 Å². The molecule has 1 N–H and O–H groups in total. The van der Waals surface area contributed by atoms with Gasteiger partial charge in [-0.15, -0.1) is 5.10 Å². The van der Waals surface area contributed by atoms with Gasteiger partial charge in [0.25, 0.3) is 11.5 Å². The first-order valence-electron chi connectivity index (χ1n) is 11.3. The number of hydrogen-bond donors (Lipinski definition) is 1. The standard InChI is InChI=1S/C25H24N8O2/c1-30-17-23(28-29-30)27-24(34)21-14-19(22-4-2-3-9-33(22)25(21)35)16-31-10-12-32(13-11-31)20-7-5-18(15-26)6-8-20/h2-9,14,17H,10-13,16H2,1H3,(H,27,34). The Bertz CT molecular complexity index is 1470. The van der Waals surface area contributed by atoms with E-state index in [1.165, 1.54) is 9.08 Å². The molecule has 35 heavy (non-hydrogen) atoms. The Balaban J connectivity index is 1.36. The van der Waals surface area contributed by atoms with E-state index in [4.69, 9.17) is 5.26 Å². The number of rotatable bonds is 5. The zero-order chi connectivity index (χ0) is 24.4. The van der Waals surface area contributed by atoms with Gasteiger partial charge in [-0.05, 0) is 48.0 Å². The molecule has 0 radical (unpaired) electrons. The van der Waals surface area contributed by atoms with E-state index in [0.29, 0.717) is 12.1 Å². The normalized spacial score (nSPS) is 14.1. The van der Waals surface area contributed by atoms with E-state index >= 15 is 0 Å². The molecule has 1 aromatic carbocycles. The van der Waals surface area contributed by atoms with Crippen molar-refractivity contribution in [3.8, 4) is 6.07 Å². The summed E-state index contributed by atoms with van der Waals surface area (Å²) in [5, 5.41) is 19.4. The van der Waals surface area contributed by atoms with Gasteiger partial charge in [-0.3, -0.25) is 23.6 Å². The lowest BCUT2D eigenvalue weighted by Gasteiger charge is -2.36. The number of carbonyl (C=O) groups excluding carboxylic acids is 1. The second-order valence-electron chi connectivity index (χ2n) is 8.50. The molecular weight excluding hydrogens is 444 g/mol. The molecule has 4 aromatic rings. The summed E-state index contributed by atoms with van der Waals surface area (Å²) in [4.78, 5) is 30.6. The van der Waals surface area contributed by atoms with Gasteiger partial charge in [0, 0.05) is 51.7 Å². The predicted molar refractivity (Wildman–Crippen MR) is 131 cm³/mol. The highest BCUT2D eigenvalue weighted by Gasteiger charge is 2.21. The molecule has 1 amide bonds. The van der Waals surface area contributed by atoms with Crippen molar-refractivity contribution in [3.63, 3.8) is 0 Å². The number of nitrogens with zero attached hydrogens (tertiary/aromatic N) is 7. The van der Waals surface area contributed by atoms with Crippen LogP contribution in [0.25, 0.3) is 5.52 Å². The number of hydrogen-bond acceptors (Lipinski definition) is 7. The van der Waals surface area contributed by atoms with Crippen molar-refractivity contribution in [3.05, 3.63) is 88.0 Å². The van der Waals surface area contributed by atoms with Crippen LogP contribution < -0.4 is 15.8 Å². The molecule has 0 bridgehead atoms. The minimum atomic E-state index is -0.513. The maximum Gasteiger partial charge on any atom is 0.267 e. The zero-order valence-electron chi connectivity index (χ0n) is 19.3. The molecule has 0 spiro atoms. The number of anilines is 2. The zero-order valence-corrected chi connectivity index (χ0v) is 19.3. The summed E-state index contributed by atoms with van der Waals surface area (Å²) < 4.78 is 3.00. The molecule has 1 fully saturated rings. The van der Waals surface area contributed by atoms with Crippen LogP contribution in [0, 0.1) is 11.3 Å². The van der Waals surface area contributed by atoms with Crippen LogP contribution in [0.5, 0.6) is 0 Å². The van der Waals surface area contributed by atoms with Crippen LogP contribution in [0.1, 0.15) is 21.5 Å². The maximum absolute atomic E-state index is 13.1. The fourth-order valence-electron chi connectivity index (χ4n) is 4.35. The number of aromatic nitrogens is 4. The number of pyridine rings is 2. The molecule has 0 aliphatic carbocycles. The van der Waals surface area contributed by atoms with E-state index < -0.39 is 5.91 Å². The van der Waals surface area contributed by atoms with Crippen molar-refractivity contribution in [1.82, 2.24) is 24.3 Å². The van der Waals surface area contributed by atoms with Gasteiger partial charge >= 0.3 is 0 Å². The summed E-state index contributed by atoms with van der Waals surface area (Å²) in [6.45, 7) is 3.96. The van der Waals surface area contributed by atoms with Crippen molar-refractivity contribution in [2.75, 3.05) is 36.4 Å². The van der Waals surface area contributed by atoms with Crippen molar-refractivity contribution in [2.24, 2.45) is 7.05 Å². The number of aryl methyl sites for hydroxylation is 1. The monoisotopic (exact) mass is 468 g/mol. The molecule has 1 aliphatic heterocycles. The third kappa shape index (κ3) is 4.62. The lowest BCUT2D eigenvalue weighted by Crippen LogP contribution is -2.46. The van der Waals surface area contributed by atoms with Gasteiger partial charge in [0.05, 0.1) is 23.3 Å². The van der Waals surface area contributed by atoms with E-state index in [1.54, 1.807) is 31.6 Å². The quantitative estimate of drug-likeness (QED) is 0.476. The Kier molecular flexibility index (Phi) is 5.99. The highest BCUT2D eigenvalue weighted by molar-refractivity contribution is 6.03. The molecule has 0 saturated carbocycles. The topological polar surface area (TPSA) is 112 Å². The van der Waals surface area contributed by atoms with Crippen molar-refractivity contribution in [1.29, 1.82) is 5.26 Å². The first-order valence-corrected chi connectivity index (χ1v) is 11.3. The summed E-state index contributed by atoms with van der Waals surface area (Å²) in [6.07, 6.45) is 3.26. The number of amides is 1. The van der Waals surface area contributed by atoms with Gasteiger partial charge in [-0.25, -0.2) is 0 Å². The Morgan fingerprint density at radius 1 is 1.11 bits per heavy atom. The molecule has 0 atom stereocenters. The largest absolute Gasteiger partial charge is 0.369 e. The van der Waals surface area contributed by atoms with E-state index in [0.717, 1.165) is 42.9 Å². The molecule has 5 rings (SSSR count). The molecule has 3 aromatic heterocycles. The van der Waals surface area contributed by atoms with Crippen molar-refractivity contribution < 1.29 is 4.79 Å². The number of benzene rings is 1. The van der Waals surface area contributed by atoms with Crippen molar-refractivity contribution >= 4 is 22.9 Å². The van der Waals surface area contributed by atoms with Gasteiger partial charge in [-0.1, -0.05) is 11.3 Å². The van der Waals surface area contributed by atoms with Crippen LogP contribution in [-0.2, 0) is 13.6 Å². The summed E-state index contributed by atoms with van der Waals surface area (Å²) in [6, 6.07) is 17.0. The van der Waals surface area contributed by atoms with Gasteiger partial charge in [0.2, 0.25) is 0 Å². The molecular formula is C25H24N8O2. The first-order chi connectivity index (χ1) is 17.0.